The lowest BCUT2D eigenvalue weighted by Crippen LogP contribution is -2.31. The summed E-state index contributed by atoms with van der Waals surface area (Å²) in [4.78, 5) is 0. The smallest absolute Gasteiger partial charge is 0.161 e. The Morgan fingerprint density at radius 3 is 2.46 bits per heavy atom. The topological polar surface area (TPSA) is 84.9 Å². The highest BCUT2D eigenvalue weighted by Crippen LogP contribution is 2.43. The Morgan fingerprint density at radius 1 is 1.11 bits per heavy atom. The molecule has 3 rings (SSSR count). The molecule has 0 radical (unpaired) electrons. The number of phenols is 2. The Bertz CT molecular complexity index is 891. The fourth-order valence-corrected chi connectivity index (χ4v) is 4.15. The number of aromatic hydroxyl groups is 2. The molecule has 2 unspecified atom stereocenters. The van der Waals surface area contributed by atoms with E-state index in [9.17, 15) is 10.2 Å². The van der Waals surface area contributed by atoms with E-state index in [0.29, 0.717) is 30.4 Å². The van der Waals surface area contributed by atoms with Gasteiger partial charge in [0, 0.05) is 18.0 Å². The number of methoxy groups -OCH3 is 1. The summed E-state index contributed by atoms with van der Waals surface area (Å²) in [6.07, 6.45) is 2.49. The first kappa shape index (κ1) is 20.3. The average molecular weight is 386 g/mol. The van der Waals surface area contributed by atoms with Crippen molar-refractivity contribution in [1.82, 2.24) is 0 Å². The summed E-state index contributed by atoms with van der Waals surface area (Å²) < 4.78 is 11.6. The maximum absolute atomic E-state index is 10.5. The summed E-state index contributed by atoms with van der Waals surface area (Å²) >= 11 is 0. The van der Waals surface area contributed by atoms with Crippen molar-refractivity contribution in [2.45, 2.75) is 59.6 Å². The van der Waals surface area contributed by atoms with Crippen LogP contribution in [0.25, 0.3) is 0 Å². The maximum atomic E-state index is 10.5. The van der Waals surface area contributed by atoms with Gasteiger partial charge in [0.1, 0.15) is 11.5 Å². The molecule has 152 valence electrons. The third kappa shape index (κ3) is 3.51. The number of rotatable bonds is 5. The van der Waals surface area contributed by atoms with Crippen molar-refractivity contribution in [2.75, 3.05) is 7.11 Å². The summed E-state index contributed by atoms with van der Waals surface area (Å²) in [5.74, 6) is 2.23. The zero-order valence-corrected chi connectivity index (χ0v) is 17.4. The van der Waals surface area contributed by atoms with Crippen LogP contribution in [-0.4, -0.2) is 23.4 Å². The van der Waals surface area contributed by atoms with Gasteiger partial charge in [-0.25, -0.2) is 0 Å². The van der Waals surface area contributed by atoms with Crippen molar-refractivity contribution < 1.29 is 19.7 Å². The molecule has 2 atom stereocenters. The molecule has 0 bridgehead atoms. The number of hydrogen-bond donors (Lipinski definition) is 3. The largest absolute Gasteiger partial charge is 0.507 e. The number of aryl methyl sites for hydroxylation is 1. The third-order valence-corrected chi connectivity index (χ3v) is 6.23. The van der Waals surface area contributed by atoms with E-state index in [1.54, 1.807) is 13.2 Å². The van der Waals surface area contributed by atoms with Gasteiger partial charge >= 0.3 is 0 Å². The number of ether oxygens (including phenoxy) is 2. The van der Waals surface area contributed by atoms with Crippen LogP contribution < -0.4 is 15.2 Å². The van der Waals surface area contributed by atoms with Crippen LogP contribution in [0.2, 0.25) is 0 Å². The van der Waals surface area contributed by atoms with E-state index in [1.807, 2.05) is 26.8 Å². The van der Waals surface area contributed by atoms with Crippen molar-refractivity contribution in [2.24, 2.45) is 11.7 Å². The van der Waals surface area contributed by atoms with Crippen LogP contribution in [0.15, 0.2) is 12.1 Å². The Kier molecular flexibility index (Phi) is 5.75. The average Bonchev–Trinajstić information content (AvgIpc) is 2.70. The van der Waals surface area contributed by atoms with Gasteiger partial charge in [-0.05, 0) is 80.8 Å². The van der Waals surface area contributed by atoms with E-state index < -0.39 is 0 Å². The van der Waals surface area contributed by atoms with Gasteiger partial charge in [0.05, 0.1) is 13.2 Å². The van der Waals surface area contributed by atoms with Crippen molar-refractivity contribution in [3.8, 4) is 23.0 Å². The number of fused-ring (bicyclic) bond motifs is 1. The molecule has 0 saturated carbocycles. The molecular weight excluding hydrogens is 354 g/mol. The molecule has 0 spiro atoms. The standard InChI is InChI=1S/C23H31NO4/c1-12-13(2)23-19(14(3)21(12)25)10-17(15(4)28-23)6-7-18-8-16(11-24)9-20(27-5)22(18)26/h8-9,15,17,25-26H,6-7,10-11,24H2,1-5H3. The highest BCUT2D eigenvalue weighted by atomic mass is 16.5. The SMILES string of the molecule is COc1cc(CN)cc(CCC2Cc3c(C)c(O)c(C)c(C)c3OC2C)c1O. The highest BCUT2D eigenvalue weighted by molar-refractivity contribution is 5.58. The number of hydrogen-bond acceptors (Lipinski definition) is 5. The van der Waals surface area contributed by atoms with Gasteiger partial charge in [-0.3, -0.25) is 0 Å². The van der Waals surface area contributed by atoms with Crippen molar-refractivity contribution in [3.63, 3.8) is 0 Å². The molecule has 28 heavy (non-hydrogen) atoms. The van der Waals surface area contributed by atoms with Gasteiger partial charge in [-0.1, -0.05) is 6.07 Å². The van der Waals surface area contributed by atoms with Crippen LogP contribution in [0.1, 0.15) is 46.7 Å². The van der Waals surface area contributed by atoms with Crippen LogP contribution in [0.3, 0.4) is 0 Å². The van der Waals surface area contributed by atoms with Crippen LogP contribution in [-0.2, 0) is 19.4 Å². The van der Waals surface area contributed by atoms with Crippen molar-refractivity contribution >= 4 is 0 Å². The molecule has 0 fully saturated rings. The molecule has 0 aliphatic carbocycles. The first-order valence-corrected chi connectivity index (χ1v) is 9.85. The molecule has 0 aromatic heterocycles. The van der Waals surface area contributed by atoms with Gasteiger partial charge < -0.3 is 25.4 Å². The Morgan fingerprint density at radius 2 is 1.82 bits per heavy atom. The molecule has 1 aliphatic rings. The lowest BCUT2D eigenvalue weighted by atomic mass is 9.83. The van der Waals surface area contributed by atoms with Crippen LogP contribution in [0, 0.1) is 26.7 Å². The third-order valence-electron chi connectivity index (χ3n) is 6.23. The van der Waals surface area contributed by atoms with Crippen LogP contribution in [0.4, 0.5) is 0 Å². The highest BCUT2D eigenvalue weighted by Gasteiger charge is 2.31. The van der Waals surface area contributed by atoms with Crippen LogP contribution in [0.5, 0.6) is 23.0 Å². The fraction of sp³-hybridized carbons (Fsp3) is 0.478. The monoisotopic (exact) mass is 385 g/mol. The lowest BCUT2D eigenvalue weighted by molar-refractivity contribution is 0.122. The van der Waals surface area contributed by atoms with Gasteiger partial charge in [-0.2, -0.15) is 0 Å². The molecule has 5 heteroatoms. The number of nitrogens with two attached hydrogens (primary N) is 1. The molecule has 1 heterocycles. The summed E-state index contributed by atoms with van der Waals surface area (Å²) in [6.45, 7) is 8.39. The Balaban J connectivity index is 1.84. The predicted molar refractivity (Wildman–Crippen MR) is 110 cm³/mol. The van der Waals surface area contributed by atoms with E-state index >= 15 is 0 Å². The summed E-state index contributed by atoms with van der Waals surface area (Å²) in [6, 6.07) is 3.73. The van der Waals surface area contributed by atoms with Crippen LogP contribution >= 0.6 is 0 Å². The molecule has 2 aromatic carbocycles. The van der Waals surface area contributed by atoms with E-state index in [-0.39, 0.29) is 11.9 Å². The summed E-state index contributed by atoms with van der Waals surface area (Å²) in [5.41, 5.74) is 11.5. The second kappa shape index (κ2) is 7.92. The van der Waals surface area contributed by atoms with Gasteiger partial charge in [0.15, 0.2) is 11.5 Å². The Labute approximate surface area is 167 Å². The first-order chi connectivity index (χ1) is 13.3. The first-order valence-electron chi connectivity index (χ1n) is 9.85. The molecule has 1 aliphatic heterocycles. The Hall–Kier alpha value is -2.40. The molecule has 0 saturated heterocycles. The minimum atomic E-state index is 0.0660. The quantitative estimate of drug-likeness (QED) is 0.723. The van der Waals surface area contributed by atoms with E-state index in [1.165, 1.54) is 0 Å². The number of benzene rings is 2. The van der Waals surface area contributed by atoms with E-state index in [4.69, 9.17) is 15.2 Å². The minimum Gasteiger partial charge on any atom is -0.507 e. The molecule has 4 N–H and O–H groups in total. The molecule has 5 nitrogen and oxygen atoms in total. The zero-order chi connectivity index (χ0) is 20.6. The lowest BCUT2D eigenvalue weighted by Gasteiger charge is -2.34. The predicted octanol–water partition coefficient (Wildman–Crippen LogP) is 4.06. The summed E-state index contributed by atoms with van der Waals surface area (Å²) in [7, 11) is 1.55. The molecular formula is C23H31NO4. The molecule has 2 aromatic rings. The molecule has 0 amide bonds. The number of phenolic OH excluding ortho intramolecular Hbond substituents is 2. The van der Waals surface area contributed by atoms with Crippen molar-refractivity contribution in [3.05, 3.63) is 45.5 Å². The van der Waals surface area contributed by atoms with Gasteiger partial charge in [-0.15, -0.1) is 0 Å². The van der Waals surface area contributed by atoms with Gasteiger partial charge in [0.2, 0.25) is 0 Å². The fourth-order valence-electron chi connectivity index (χ4n) is 4.15. The van der Waals surface area contributed by atoms with Gasteiger partial charge in [0.25, 0.3) is 0 Å². The van der Waals surface area contributed by atoms with Crippen molar-refractivity contribution in [1.29, 1.82) is 0 Å². The zero-order valence-electron chi connectivity index (χ0n) is 17.4. The summed E-state index contributed by atoms with van der Waals surface area (Å²) in [5, 5.41) is 20.9. The van der Waals surface area contributed by atoms with E-state index in [0.717, 1.165) is 52.0 Å². The second-order valence-corrected chi connectivity index (χ2v) is 7.87. The normalized spacial score (nSPS) is 18.5. The second-order valence-electron chi connectivity index (χ2n) is 7.87. The maximum Gasteiger partial charge on any atom is 0.161 e. The van der Waals surface area contributed by atoms with E-state index in [2.05, 4.69) is 6.92 Å². The minimum absolute atomic E-state index is 0.0660.